The molecule has 1 N–H and O–H groups in total. The van der Waals surface area contributed by atoms with Crippen molar-refractivity contribution in [3.8, 4) is 5.75 Å². The van der Waals surface area contributed by atoms with E-state index in [1.807, 2.05) is 31.3 Å². The number of para-hydroxylation sites is 2. The van der Waals surface area contributed by atoms with Crippen LogP contribution in [0.15, 0.2) is 36.4 Å². The molecule has 1 aromatic carbocycles. The maximum absolute atomic E-state index is 12.1. The van der Waals surface area contributed by atoms with Gasteiger partial charge in [0.05, 0.1) is 18.7 Å². The van der Waals surface area contributed by atoms with Crippen LogP contribution in [-0.4, -0.2) is 32.7 Å². The molecule has 96 valence electrons. The maximum Gasteiger partial charge on any atom is 0.230 e. The third-order valence-electron chi connectivity index (χ3n) is 2.84. The van der Waals surface area contributed by atoms with Crippen molar-refractivity contribution in [2.24, 2.45) is 0 Å². The molecular weight excluding hydrogens is 228 g/mol. The van der Waals surface area contributed by atoms with Crippen LogP contribution < -0.4 is 15.0 Å². The maximum atomic E-state index is 12.1. The zero-order valence-electron chi connectivity index (χ0n) is 10.6. The van der Waals surface area contributed by atoms with Gasteiger partial charge in [0.2, 0.25) is 5.91 Å². The van der Waals surface area contributed by atoms with Crippen LogP contribution in [0.5, 0.6) is 5.75 Å². The summed E-state index contributed by atoms with van der Waals surface area (Å²) in [7, 11) is 1.87. The van der Waals surface area contributed by atoms with E-state index in [1.54, 1.807) is 4.90 Å². The van der Waals surface area contributed by atoms with Crippen molar-refractivity contribution in [1.29, 1.82) is 0 Å². The largest absolute Gasteiger partial charge is 0.491 e. The number of rotatable bonds is 4. The van der Waals surface area contributed by atoms with Gasteiger partial charge in [0.25, 0.3) is 0 Å². The summed E-state index contributed by atoms with van der Waals surface area (Å²) in [6.07, 6.45) is 0.404. The number of carbonyl (C=O) groups is 1. The number of fused-ring (bicyclic) bond motifs is 1. The van der Waals surface area contributed by atoms with Gasteiger partial charge in [0.1, 0.15) is 5.75 Å². The Labute approximate surface area is 107 Å². The number of anilines is 1. The number of amides is 1. The summed E-state index contributed by atoms with van der Waals surface area (Å²) in [6, 6.07) is 7.62. The molecule has 1 aromatic rings. The van der Waals surface area contributed by atoms with Crippen molar-refractivity contribution in [2.45, 2.75) is 6.42 Å². The third-order valence-corrected chi connectivity index (χ3v) is 2.84. The van der Waals surface area contributed by atoms with Gasteiger partial charge < -0.3 is 15.0 Å². The number of nitrogens with one attached hydrogen (secondary N) is 1. The standard InChI is InChI=1S/C14H18N2O2/c1-11(9-15-2)10-16-12-5-3-4-6-13(12)18-8-7-14(16)17/h3-6,15H,1,7-10H2,2H3. The van der Waals surface area contributed by atoms with E-state index in [0.29, 0.717) is 26.1 Å². The summed E-state index contributed by atoms with van der Waals surface area (Å²) in [4.78, 5) is 13.9. The number of nitrogens with zero attached hydrogens (tertiary/aromatic N) is 1. The fourth-order valence-corrected chi connectivity index (χ4v) is 2.02. The molecule has 4 nitrogen and oxygen atoms in total. The summed E-state index contributed by atoms with van der Waals surface area (Å²) < 4.78 is 5.58. The van der Waals surface area contributed by atoms with E-state index in [9.17, 15) is 4.79 Å². The van der Waals surface area contributed by atoms with E-state index in [4.69, 9.17) is 4.74 Å². The highest BCUT2D eigenvalue weighted by atomic mass is 16.5. The summed E-state index contributed by atoms with van der Waals surface area (Å²) in [5, 5.41) is 3.04. The molecule has 0 bridgehead atoms. The number of ether oxygens (including phenoxy) is 1. The molecule has 1 aliphatic rings. The Morgan fingerprint density at radius 1 is 1.50 bits per heavy atom. The Morgan fingerprint density at radius 3 is 3.06 bits per heavy atom. The number of hydrogen-bond donors (Lipinski definition) is 1. The summed E-state index contributed by atoms with van der Waals surface area (Å²) in [5.74, 6) is 0.845. The van der Waals surface area contributed by atoms with Crippen LogP contribution >= 0.6 is 0 Å². The average molecular weight is 246 g/mol. The second-order valence-corrected chi connectivity index (χ2v) is 4.33. The molecule has 0 saturated carbocycles. The van der Waals surface area contributed by atoms with E-state index in [2.05, 4.69) is 11.9 Å². The predicted molar refractivity (Wildman–Crippen MR) is 72.0 cm³/mol. The summed E-state index contributed by atoms with van der Waals surface area (Å²) in [5.41, 5.74) is 1.81. The van der Waals surface area contributed by atoms with E-state index < -0.39 is 0 Å². The van der Waals surface area contributed by atoms with Crippen molar-refractivity contribution in [2.75, 3.05) is 31.6 Å². The summed E-state index contributed by atoms with van der Waals surface area (Å²) >= 11 is 0. The molecule has 0 aromatic heterocycles. The highest BCUT2D eigenvalue weighted by molar-refractivity contribution is 5.96. The van der Waals surface area contributed by atoms with Crippen LogP contribution in [0.4, 0.5) is 5.69 Å². The molecule has 0 unspecified atom stereocenters. The first-order chi connectivity index (χ1) is 8.72. The second kappa shape index (κ2) is 5.69. The van der Waals surface area contributed by atoms with Crippen molar-refractivity contribution in [3.05, 3.63) is 36.4 Å². The lowest BCUT2D eigenvalue weighted by Gasteiger charge is -2.22. The molecule has 2 rings (SSSR count). The molecule has 0 aliphatic carbocycles. The second-order valence-electron chi connectivity index (χ2n) is 4.33. The van der Waals surface area contributed by atoms with Crippen LogP contribution in [-0.2, 0) is 4.79 Å². The van der Waals surface area contributed by atoms with Crippen LogP contribution in [0.1, 0.15) is 6.42 Å². The number of carbonyl (C=O) groups excluding carboxylic acids is 1. The first kappa shape index (κ1) is 12.6. The number of hydrogen-bond acceptors (Lipinski definition) is 3. The smallest absolute Gasteiger partial charge is 0.230 e. The van der Waals surface area contributed by atoms with Crippen molar-refractivity contribution in [3.63, 3.8) is 0 Å². The van der Waals surface area contributed by atoms with Gasteiger partial charge in [-0.2, -0.15) is 0 Å². The quantitative estimate of drug-likeness (QED) is 0.820. The fraction of sp³-hybridized carbons (Fsp3) is 0.357. The normalized spacial score (nSPS) is 14.7. The molecular formula is C14H18N2O2. The lowest BCUT2D eigenvalue weighted by molar-refractivity contribution is -0.118. The van der Waals surface area contributed by atoms with Gasteiger partial charge in [-0.25, -0.2) is 0 Å². The van der Waals surface area contributed by atoms with E-state index in [0.717, 1.165) is 17.0 Å². The van der Waals surface area contributed by atoms with Crippen LogP contribution in [0, 0.1) is 0 Å². The molecule has 0 atom stereocenters. The Morgan fingerprint density at radius 2 is 2.28 bits per heavy atom. The Kier molecular flexibility index (Phi) is 3.99. The highest BCUT2D eigenvalue weighted by Gasteiger charge is 2.22. The van der Waals surface area contributed by atoms with E-state index in [1.165, 1.54) is 0 Å². The first-order valence-electron chi connectivity index (χ1n) is 6.06. The van der Waals surface area contributed by atoms with E-state index in [-0.39, 0.29) is 5.91 Å². The van der Waals surface area contributed by atoms with E-state index >= 15 is 0 Å². The van der Waals surface area contributed by atoms with Gasteiger partial charge in [-0.05, 0) is 24.8 Å². The molecule has 1 heterocycles. The molecule has 0 radical (unpaired) electrons. The lowest BCUT2D eigenvalue weighted by atomic mass is 10.2. The SMILES string of the molecule is C=C(CNC)CN1C(=O)CCOc2ccccc21. The molecule has 0 spiro atoms. The minimum atomic E-state index is 0.0807. The van der Waals surface area contributed by atoms with Gasteiger partial charge in [-0.1, -0.05) is 18.7 Å². The Balaban J connectivity index is 2.25. The molecule has 0 saturated heterocycles. The topological polar surface area (TPSA) is 41.6 Å². The third kappa shape index (κ3) is 2.71. The fourth-order valence-electron chi connectivity index (χ4n) is 2.02. The predicted octanol–water partition coefficient (Wildman–Crippen LogP) is 1.58. The highest BCUT2D eigenvalue weighted by Crippen LogP contribution is 2.31. The number of likely N-dealkylation sites (N-methyl/N-ethyl adjacent to an activating group) is 1. The van der Waals surface area contributed by atoms with Gasteiger partial charge in [-0.15, -0.1) is 0 Å². The van der Waals surface area contributed by atoms with Gasteiger partial charge in [0, 0.05) is 13.1 Å². The minimum absolute atomic E-state index is 0.0807. The molecule has 1 aliphatic heterocycles. The number of benzene rings is 1. The molecule has 18 heavy (non-hydrogen) atoms. The lowest BCUT2D eigenvalue weighted by Crippen LogP contribution is -2.33. The molecule has 1 amide bonds. The van der Waals surface area contributed by atoms with Gasteiger partial charge >= 0.3 is 0 Å². The van der Waals surface area contributed by atoms with Crippen LogP contribution in [0.2, 0.25) is 0 Å². The van der Waals surface area contributed by atoms with Crippen molar-refractivity contribution in [1.82, 2.24) is 5.32 Å². The molecule has 0 fully saturated rings. The molecule has 4 heteroatoms. The van der Waals surface area contributed by atoms with Crippen LogP contribution in [0.3, 0.4) is 0 Å². The zero-order chi connectivity index (χ0) is 13.0. The average Bonchev–Trinajstić information content (AvgIpc) is 2.51. The minimum Gasteiger partial charge on any atom is -0.491 e. The van der Waals surface area contributed by atoms with Gasteiger partial charge in [-0.3, -0.25) is 4.79 Å². The Bertz CT molecular complexity index is 457. The van der Waals surface area contributed by atoms with Crippen molar-refractivity contribution < 1.29 is 9.53 Å². The van der Waals surface area contributed by atoms with Crippen LogP contribution in [0.25, 0.3) is 0 Å². The Hall–Kier alpha value is -1.81. The zero-order valence-corrected chi connectivity index (χ0v) is 10.6. The summed E-state index contributed by atoms with van der Waals surface area (Å²) in [6.45, 7) is 5.64. The first-order valence-corrected chi connectivity index (χ1v) is 6.06. The monoisotopic (exact) mass is 246 g/mol. The van der Waals surface area contributed by atoms with Crippen molar-refractivity contribution >= 4 is 11.6 Å². The van der Waals surface area contributed by atoms with Gasteiger partial charge in [0.15, 0.2) is 0 Å².